The molecule has 1 aliphatic rings. The second kappa shape index (κ2) is 7.17. The van der Waals surface area contributed by atoms with Gasteiger partial charge in [0.25, 0.3) is 0 Å². The zero-order valence-corrected chi connectivity index (χ0v) is 10.7. The van der Waals surface area contributed by atoms with Crippen molar-refractivity contribution in [3.05, 3.63) is 35.9 Å². The van der Waals surface area contributed by atoms with E-state index < -0.39 is 0 Å². The summed E-state index contributed by atoms with van der Waals surface area (Å²) in [5.74, 6) is -0.0767. The lowest BCUT2D eigenvalue weighted by molar-refractivity contribution is -0.145. The number of unbranched alkanes of at least 4 members (excludes halogenated alkanes) is 1. The average Bonchev–Trinajstić information content (AvgIpc) is 2.93. The van der Waals surface area contributed by atoms with E-state index in [0.29, 0.717) is 6.61 Å². The van der Waals surface area contributed by atoms with E-state index >= 15 is 0 Å². The van der Waals surface area contributed by atoms with Crippen LogP contribution in [-0.4, -0.2) is 25.2 Å². The van der Waals surface area contributed by atoms with Crippen molar-refractivity contribution in [3.8, 4) is 0 Å². The van der Waals surface area contributed by atoms with Gasteiger partial charge < -0.3 is 10.1 Å². The molecule has 0 aliphatic carbocycles. The van der Waals surface area contributed by atoms with Crippen molar-refractivity contribution < 1.29 is 9.53 Å². The summed E-state index contributed by atoms with van der Waals surface area (Å²) in [7, 11) is 0. The van der Waals surface area contributed by atoms with Crippen molar-refractivity contribution >= 4 is 5.97 Å². The number of hydrogen-bond acceptors (Lipinski definition) is 3. The van der Waals surface area contributed by atoms with E-state index in [4.69, 9.17) is 4.74 Å². The molecule has 1 N–H and O–H groups in total. The van der Waals surface area contributed by atoms with Crippen molar-refractivity contribution in [1.29, 1.82) is 0 Å². The van der Waals surface area contributed by atoms with Gasteiger partial charge in [0.1, 0.15) is 6.04 Å². The Kier molecular flexibility index (Phi) is 5.21. The first kappa shape index (κ1) is 13.1. The third-order valence-electron chi connectivity index (χ3n) is 3.29. The van der Waals surface area contributed by atoms with Crippen LogP contribution in [0.2, 0.25) is 0 Å². The molecule has 3 nitrogen and oxygen atoms in total. The quantitative estimate of drug-likeness (QED) is 0.619. The molecule has 0 spiro atoms. The molecule has 1 aromatic carbocycles. The van der Waals surface area contributed by atoms with E-state index in [1.54, 1.807) is 0 Å². The highest BCUT2D eigenvalue weighted by Gasteiger charge is 2.22. The molecule has 1 saturated heterocycles. The van der Waals surface area contributed by atoms with E-state index in [0.717, 1.165) is 38.6 Å². The van der Waals surface area contributed by atoms with Crippen LogP contribution in [0.25, 0.3) is 0 Å². The minimum Gasteiger partial charge on any atom is -0.465 e. The van der Waals surface area contributed by atoms with Gasteiger partial charge in [0.05, 0.1) is 6.61 Å². The van der Waals surface area contributed by atoms with Gasteiger partial charge in [-0.05, 0) is 44.2 Å². The average molecular weight is 247 g/mol. The number of hydrogen-bond donors (Lipinski definition) is 1. The highest BCUT2D eigenvalue weighted by atomic mass is 16.5. The molecular weight excluding hydrogens is 226 g/mol. The molecule has 1 aromatic rings. The van der Waals surface area contributed by atoms with Crippen molar-refractivity contribution in [2.45, 2.75) is 38.1 Å². The first-order valence-corrected chi connectivity index (χ1v) is 6.80. The second-order valence-corrected chi connectivity index (χ2v) is 4.76. The molecule has 2 rings (SSSR count). The van der Waals surface area contributed by atoms with Crippen LogP contribution in [0.15, 0.2) is 30.3 Å². The molecule has 1 fully saturated rings. The molecule has 1 atom stereocenters. The predicted molar refractivity (Wildman–Crippen MR) is 71.4 cm³/mol. The molecule has 0 bridgehead atoms. The molecule has 98 valence electrons. The Labute approximate surface area is 109 Å². The molecule has 0 aromatic heterocycles. The maximum Gasteiger partial charge on any atom is 0.323 e. The Morgan fingerprint density at radius 1 is 1.28 bits per heavy atom. The number of carbonyl (C=O) groups is 1. The van der Waals surface area contributed by atoms with Gasteiger partial charge in [-0.15, -0.1) is 0 Å². The molecule has 1 heterocycles. The Morgan fingerprint density at radius 2 is 2.11 bits per heavy atom. The van der Waals surface area contributed by atoms with Crippen LogP contribution < -0.4 is 5.32 Å². The van der Waals surface area contributed by atoms with Crippen LogP contribution in [0.5, 0.6) is 0 Å². The van der Waals surface area contributed by atoms with Gasteiger partial charge in [0.15, 0.2) is 0 Å². The van der Waals surface area contributed by atoms with Crippen molar-refractivity contribution in [2.75, 3.05) is 13.2 Å². The minimum absolute atomic E-state index is 0.0564. The molecule has 1 aliphatic heterocycles. The van der Waals surface area contributed by atoms with E-state index in [9.17, 15) is 4.79 Å². The standard InChI is InChI=1S/C15H21NO2/c17-15(14-10-6-11-16-14)18-12-5-4-9-13-7-2-1-3-8-13/h1-3,7-8,14,16H,4-6,9-12H2. The Morgan fingerprint density at radius 3 is 2.83 bits per heavy atom. The minimum atomic E-state index is -0.0767. The lowest BCUT2D eigenvalue weighted by Crippen LogP contribution is -2.32. The normalized spacial score (nSPS) is 18.8. The summed E-state index contributed by atoms with van der Waals surface area (Å²) in [6.45, 7) is 1.48. The fourth-order valence-corrected chi connectivity index (χ4v) is 2.23. The number of rotatable bonds is 6. The maximum atomic E-state index is 11.6. The van der Waals surface area contributed by atoms with Gasteiger partial charge in [0.2, 0.25) is 0 Å². The lowest BCUT2D eigenvalue weighted by atomic mass is 10.1. The summed E-state index contributed by atoms with van der Waals surface area (Å²) < 4.78 is 5.26. The third-order valence-corrected chi connectivity index (χ3v) is 3.29. The number of nitrogens with one attached hydrogen (secondary N) is 1. The number of aryl methyl sites for hydroxylation is 1. The largest absolute Gasteiger partial charge is 0.465 e. The second-order valence-electron chi connectivity index (χ2n) is 4.76. The SMILES string of the molecule is O=C(OCCCCc1ccccc1)C1CCCN1. The van der Waals surface area contributed by atoms with Crippen molar-refractivity contribution in [3.63, 3.8) is 0 Å². The van der Waals surface area contributed by atoms with Gasteiger partial charge in [-0.3, -0.25) is 4.79 Å². The van der Waals surface area contributed by atoms with E-state index in [1.165, 1.54) is 5.56 Å². The van der Waals surface area contributed by atoms with Crippen LogP contribution in [0.4, 0.5) is 0 Å². The Hall–Kier alpha value is -1.35. The molecule has 0 amide bonds. The summed E-state index contributed by atoms with van der Waals surface area (Å²) in [5.41, 5.74) is 1.35. The van der Waals surface area contributed by atoms with Gasteiger partial charge in [-0.25, -0.2) is 0 Å². The van der Waals surface area contributed by atoms with E-state index in [1.807, 2.05) is 6.07 Å². The van der Waals surface area contributed by atoms with Crippen LogP contribution in [0.3, 0.4) is 0 Å². The summed E-state index contributed by atoms with van der Waals surface area (Å²) in [5, 5.41) is 3.15. The van der Waals surface area contributed by atoms with Crippen LogP contribution in [-0.2, 0) is 16.0 Å². The summed E-state index contributed by atoms with van der Waals surface area (Å²) in [6.07, 6.45) is 5.05. The summed E-state index contributed by atoms with van der Waals surface area (Å²) >= 11 is 0. The van der Waals surface area contributed by atoms with E-state index in [2.05, 4.69) is 29.6 Å². The zero-order chi connectivity index (χ0) is 12.6. The predicted octanol–water partition coefficient (Wildman–Crippen LogP) is 2.30. The summed E-state index contributed by atoms with van der Waals surface area (Å²) in [6, 6.07) is 10.4. The van der Waals surface area contributed by atoms with Crippen molar-refractivity contribution in [2.24, 2.45) is 0 Å². The fourth-order valence-electron chi connectivity index (χ4n) is 2.23. The van der Waals surface area contributed by atoms with Gasteiger partial charge >= 0.3 is 5.97 Å². The van der Waals surface area contributed by atoms with Crippen LogP contribution in [0, 0.1) is 0 Å². The number of benzene rings is 1. The molecule has 3 heteroatoms. The van der Waals surface area contributed by atoms with Gasteiger partial charge in [-0.1, -0.05) is 30.3 Å². The molecule has 1 unspecified atom stereocenters. The van der Waals surface area contributed by atoms with Gasteiger partial charge in [0, 0.05) is 0 Å². The lowest BCUT2D eigenvalue weighted by Gasteiger charge is -2.10. The molecule has 0 saturated carbocycles. The fraction of sp³-hybridized carbons (Fsp3) is 0.533. The monoisotopic (exact) mass is 247 g/mol. The molecule has 0 radical (unpaired) electrons. The maximum absolute atomic E-state index is 11.6. The third kappa shape index (κ3) is 4.15. The highest BCUT2D eigenvalue weighted by molar-refractivity contribution is 5.76. The first-order valence-electron chi connectivity index (χ1n) is 6.80. The Bertz CT molecular complexity index is 358. The number of carbonyl (C=O) groups excluding carboxylic acids is 1. The highest BCUT2D eigenvalue weighted by Crippen LogP contribution is 2.08. The number of ether oxygens (including phenoxy) is 1. The topological polar surface area (TPSA) is 38.3 Å². The number of esters is 1. The zero-order valence-electron chi connectivity index (χ0n) is 10.7. The van der Waals surface area contributed by atoms with Crippen LogP contribution >= 0.6 is 0 Å². The first-order chi connectivity index (χ1) is 8.86. The van der Waals surface area contributed by atoms with Gasteiger partial charge in [-0.2, -0.15) is 0 Å². The van der Waals surface area contributed by atoms with E-state index in [-0.39, 0.29) is 12.0 Å². The Balaban J connectivity index is 1.54. The smallest absolute Gasteiger partial charge is 0.323 e. The summed E-state index contributed by atoms with van der Waals surface area (Å²) in [4.78, 5) is 11.6. The molecular formula is C15H21NO2. The molecule has 18 heavy (non-hydrogen) atoms. The van der Waals surface area contributed by atoms with Crippen LogP contribution in [0.1, 0.15) is 31.2 Å². The van der Waals surface area contributed by atoms with Crippen molar-refractivity contribution in [1.82, 2.24) is 5.32 Å².